The standard InChI is InChI=1S/C12H17N3O3/c1-3-7-15(9-12(17)18-4-2)11(16)8-10-5-6-13-14-10/h3,5-6H,1,4,7-9H2,2H3,(H,13,14). The smallest absolute Gasteiger partial charge is 0.325 e. The zero-order valence-corrected chi connectivity index (χ0v) is 10.4. The van der Waals surface area contributed by atoms with Crippen LogP contribution in [-0.4, -0.2) is 46.7 Å². The van der Waals surface area contributed by atoms with Gasteiger partial charge in [-0.25, -0.2) is 0 Å². The van der Waals surface area contributed by atoms with E-state index >= 15 is 0 Å². The van der Waals surface area contributed by atoms with E-state index in [9.17, 15) is 9.59 Å². The van der Waals surface area contributed by atoms with Gasteiger partial charge in [0.2, 0.25) is 5.91 Å². The van der Waals surface area contributed by atoms with Crippen LogP contribution in [0.15, 0.2) is 24.9 Å². The Morgan fingerprint density at radius 3 is 2.94 bits per heavy atom. The molecule has 0 saturated carbocycles. The number of carbonyl (C=O) groups is 2. The minimum Gasteiger partial charge on any atom is -0.465 e. The molecule has 0 aliphatic heterocycles. The molecule has 0 fully saturated rings. The fraction of sp³-hybridized carbons (Fsp3) is 0.417. The third kappa shape index (κ3) is 4.40. The van der Waals surface area contributed by atoms with Crippen LogP contribution in [0.2, 0.25) is 0 Å². The van der Waals surface area contributed by atoms with Crippen molar-refractivity contribution in [2.75, 3.05) is 19.7 Å². The Morgan fingerprint density at radius 2 is 2.39 bits per heavy atom. The van der Waals surface area contributed by atoms with E-state index in [1.807, 2.05) is 0 Å². The Labute approximate surface area is 106 Å². The Bertz CT molecular complexity index is 401. The highest BCUT2D eigenvalue weighted by Gasteiger charge is 2.17. The van der Waals surface area contributed by atoms with Gasteiger partial charge >= 0.3 is 5.97 Å². The molecule has 0 atom stereocenters. The number of aromatic amines is 1. The molecule has 0 aliphatic rings. The zero-order chi connectivity index (χ0) is 13.4. The van der Waals surface area contributed by atoms with Gasteiger partial charge in [0.25, 0.3) is 0 Å². The molecular formula is C12H17N3O3. The molecule has 1 N–H and O–H groups in total. The molecule has 98 valence electrons. The number of aromatic nitrogens is 2. The predicted molar refractivity (Wildman–Crippen MR) is 65.7 cm³/mol. The number of H-pyrrole nitrogens is 1. The lowest BCUT2D eigenvalue weighted by Crippen LogP contribution is -2.37. The molecule has 1 aromatic rings. The second-order valence-corrected chi connectivity index (χ2v) is 3.63. The molecule has 1 heterocycles. The van der Waals surface area contributed by atoms with Crippen molar-refractivity contribution in [1.29, 1.82) is 0 Å². The number of nitrogens with zero attached hydrogens (tertiary/aromatic N) is 2. The van der Waals surface area contributed by atoms with Crippen LogP contribution in [0, 0.1) is 0 Å². The van der Waals surface area contributed by atoms with Crippen molar-refractivity contribution in [2.24, 2.45) is 0 Å². The second-order valence-electron chi connectivity index (χ2n) is 3.63. The molecule has 0 aliphatic carbocycles. The van der Waals surface area contributed by atoms with Gasteiger partial charge < -0.3 is 9.64 Å². The molecule has 0 radical (unpaired) electrons. The molecule has 0 aromatic carbocycles. The van der Waals surface area contributed by atoms with Crippen molar-refractivity contribution >= 4 is 11.9 Å². The number of rotatable bonds is 7. The monoisotopic (exact) mass is 251 g/mol. The summed E-state index contributed by atoms with van der Waals surface area (Å²) in [7, 11) is 0. The van der Waals surface area contributed by atoms with Crippen molar-refractivity contribution in [3.05, 3.63) is 30.6 Å². The first kappa shape index (κ1) is 14.0. The summed E-state index contributed by atoms with van der Waals surface area (Å²) in [5.74, 6) is -0.593. The third-order valence-electron chi connectivity index (χ3n) is 2.23. The largest absolute Gasteiger partial charge is 0.465 e. The minimum absolute atomic E-state index is 0.0627. The minimum atomic E-state index is -0.419. The Morgan fingerprint density at radius 1 is 1.61 bits per heavy atom. The predicted octanol–water partition coefficient (Wildman–Crippen LogP) is 0.530. The van der Waals surface area contributed by atoms with Crippen molar-refractivity contribution in [2.45, 2.75) is 13.3 Å². The van der Waals surface area contributed by atoms with Gasteiger partial charge in [0.05, 0.1) is 13.0 Å². The summed E-state index contributed by atoms with van der Waals surface area (Å²) in [6.45, 7) is 5.84. The van der Waals surface area contributed by atoms with Crippen LogP contribution in [0.1, 0.15) is 12.6 Å². The number of hydrogen-bond donors (Lipinski definition) is 1. The summed E-state index contributed by atoms with van der Waals surface area (Å²) in [4.78, 5) is 24.7. The lowest BCUT2D eigenvalue weighted by atomic mass is 10.2. The van der Waals surface area contributed by atoms with E-state index < -0.39 is 5.97 Å². The second kappa shape index (κ2) is 7.26. The van der Waals surface area contributed by atoms with Crippen LogP contribution in [0.4, 0.5) is 0 Å². The van der Waals surface area contributed by atoms with Crippen LogP contribution >= 0.6 is 0 Å². The first-order valence-corrected chi connectivity index (χ1v) is 5.70. The maximum absolute atomic E-state index is 12.0. The van der Waals surface area contributed by atoms with Gasteiger partial charge in [-0.2, -0.15) is 5.10 Å². The number of hydrogen-bond acceptors (Lipinski definition) is 4. The topological polar surface area (TPSA) is 75.3 Å². The van der Waals surface area contributed by atoms with Crippen molar-refractivity contribution in [1.82, 2.24) is 15.1 Å². The van der Waals surface area contributed by atoms with Crippen molar-refractivity contribution in [3.63, 3.8) is 0 Å². The maximum atomic E-state index is 12.0. The molecule has 1 aromatic heterocycles. The first-order chi connectivity index (χ1) is 8.67. The average molecular weight is 251 g/mol. The molecule has 0 bridgehead atoms. The molecule has 18 heavy (non-hydrogen) atoms. The highest BCUT2D eigenvalue weighted by Crippen LogP contribution is 2.00. The first-order valence-electron chi connectivity index (χ1n) is 5.70. The Hall–Kier alpha value is -2.11. The van der Waals surface area contributed by atoms with E-state index in [4.69, 9.17) is 4.74 Å². The van der Waals surface area contributed by atoms with Crippen LogP contribution in [0.25, 0.3) is 0 Å². The molecule has 6 nitrogen and oxygen atoms in total. The van der Waals surface area contributed by atoms with Gasteiger partial charge in [-0.3, -0.25) is 14.7 Å². The number of ether oxygens (including phenoxy) is 1. The van der Waals surface area contributed by atoms with Gasteiger partial charge in [0.1, 0.15) is 6.54 Å². The lowest BCUT2D eigenvalue weighted by Gasteiger charge is -2.19. The fourth-order valence-electron chi connectivity index (χ4n) is 1.43. The van der Waals surface area contributed by atoms with Crippen molar-refractivity contribution in [3.8, 4) is 0 Å². The van der Waals surface area contributed by atoms with Gasteiger partial charge in [-0.1, -0.05) is 6.08 Å². The van der Waals surface area contributed by atoms with Crippen LogP contribution in [0.3, 0.4) is 0 Å². The average Bonchev–Trinajstić information content (AvgIpc) is 2.81. The van der Waals surface area contributed by atoms with E-state index in [1.54, 1.807) is 25.3 Å². The van der Waals surface area contributed by atoms with Gasteiger partial charge in [-0.05, 0) is 13.0 Å². The molecule has 0 saturated heterocycles. The summed E-state index contributed by atoms with van der Waals surface area (Å²) in [6, 6.07) is 1.72. The summed E-state index contributed by atoms with van der Waals surface area (Å²) in [5.41, 5.74) is 0.706. The summed E-state index contributed by atoms with van der Waals surface area (Å²) in [6.07, 6.45) is 3.32. The number of nitrogens with one attached hydrogen (secondary N) is 1. The quantitative estimate of drug-likeness (QED) is 0.566. The van der Waals surface area contributed by atoms with E-state index in [1.165, 1.54) is 4.90 Å². The van der Waals surface area contributed by atoms with Gasteiger partial charge in [0.15, 0.2) is 0 Å². The Balaban J connectivity index is 2.57. The molecule has 6 heteroatoms. The zero-order valence-electron chi connectivity index (χ0n) is 10.4. The highest BCUT2D eigenvalue weighted by atomic mass is 16.5. The van der Waals surface area contributed by atoms with Crippen molar-refractivity contribution < 1.29 is 14.3 Å². The third-order valence-corrected chi connectivity index (χ3v) is 2.23. The summed E-state index contributed by atoms with van der Waals surface area (Å²) < 4.78 is 4.82. The van der Waals surface area contributed by atoms with E-state index in [0.717, 1.165) is 0 Å². The van der Waals surface area contributed by atoms with E-state index in [2.05, 4.69) is 16.8 Å². The van der Waals surface area contributed by atoms with Gasteiger partial charge in [-0.15, -0.1) is 6.58 Å². The van der Waals surface area contributed by atoms with Crippen LogP contribution in [0.5, 0.6) is 0 Å². The normalized spacial score (nSPS) is 9.83. The van der Waals surface area contributed by atoms with E-state index in [0.29, 0.717) is 18.8 Å². The molecule has 0 spiro atoms. The molecule has 1 rings (SSSR count). The molecule has 1 amide bonds. The fourth-order valence-corrected chi connectivity index (χ4v) is 1.43. The molecule has 0 unspecified atom stereocenters. The highest BCUT2D eigenvalue weighted by molar-refractivity contribution is 5.83. The number of carbonyl (C=O) groups excluding carboxylic acids is 2. The lowest BCUT2D eigenvalue weighted by molar-refractivity contribution is -0.148. The number of esters is 1. The van der Waals surface area contributed by atoms with Gasteiger partial charge in [0, 0.05) is 18.4 Å². The molecular weight excluding hydrogens is 234 g/mol. The summed E-state index contributed by atoms with van der Waals surface area (Å²) >= 11 is 0. The van der Waals surface area contributed by atoms with Crippen LogP contribution in [-0.2, 0) is 20.7 Å². The summed E-state index contributed by atoms with van der Waals surface area (Å²) in [5, 5.41) is 6.47. The van der Waals surface area contributed by atoms with Crippen LogP contribution < -0.4 is 0 Å². The Kier molecular flexibility index (Phi) is 5.63. The van der Waals surface area contributed by atoms with E-state index in [-0.39, 0.29) is 18.9 Å². The maximum Gasteiger partial charge on any atom is 0.325 e. The number of amides is 1. The SMILES string of the molecule is C=CCN(CC(=O)OCC)C(=O)Cc1ccn[nH]1.